The number of likely N-dealkylation sites (tertiary alicyclic amines) is 1. The van der Waals surface area contributed by atoms with E-state index in [-0.39, 0.29) is 11.3 Å². The van der Waals surface area contributed by atoms with Crippen LogP contribution in [0.15, 0.2) is 85.5 Å². The molecule has 0 radical (unpaired) electrons. The van der Waals surface area contributed by atoms with Gasteiger partial charge in [0.25, 0.3) is 11.7 Å². The predicted octanol–water partition coefficient (Wildman–Crippen LogP) is 4.61. The first-order valence-corrected chi connectivity index (χ1v) is 11.2. The lowest BCUT2D eigenvalue weighted by Crippen LogP contribution is -2.31. The fourth-order valence-corrected chi connectivity index (χ4v) is 4.09. The second-order valence-electron chi connectivity index (χ2n) is 7.82. The third-order valence-electron chi connectivity index (χ3n) is 5.60. The van der Waals surface area contributed by atoms with Crippen LogP contribution in [0.1, 0.15) is 23.6 Å². The Morgan fingerprint density at radius 2 is 1.85 bits per heavy atom. The fourth-order valence-electron chi connectivity index (χ4n) is 3.96. The van der Waals surface area contributed by atoms with Crippen molar-refractivity contribution < 1.29 is 19.4 Å². The maximum atomic E-state index is 13.1. The number of hydrogen-bond acceptors (Lipinski definition) is 5. The van der Waals surface area contributed by atoms with Gasteiger partial charge in [-0.25, -0.2) is 4.98 Å². The lowest BCUT2D eigenvalue weighted by molar-refractivity contribution is -0.139. The highest BCUT2D eigenvalue weighted by Crippen LogP contribution is 2.40. The second-order valence-corrected chi connectivity index (χ2v) is 8.26. The van der Waals surface area contributed by atoms with Crippen molar-refractivity contribution in [3.63, 3.8) is 0 Å². The number of aliphatic hydroxyl groups excluding tert-OH is 1. The standard InChI is InChI=1S/C26H24ClN3O4/c1-2-16-34-21-10-6-19(7-11-21)24(31)22-23(18-4-8-20(27)9-5-18)30(26(33)25(22)32)14-3-13-29-15-12-28-17-29/h2,4-12,15,17,23,31H,1,3,13-14,16H2/b24-22+. The van der Waals surface area contributed by atoms with Crippen LogP contribution in [0.25, 0.3) is 5.76 Å². The highest BCUT2D eigenvalue weighted by Gasteiger charge is 2.45. The van der Waals surface area contributed by atoms with Crippen molar-refractivity contribution in [1.82, 2.24) is 14.5 Å². The van der Waals surface area contributed by atoms with Gasteiger partial charge in [0.2, 0.25) is 0 Å². The van der Waals surface area contributed by atoms with Gasteiger partial charge >= 0.3 is 0 Å². The quantitative estimate of drug-likeness (QED) is 0.210. The maximum Gasteiger partial charge on any atom is 0.295 e. The molecule has 3 aromatic rings. The van der Waals surface area contributed by atoms with Crippen molar-refractivity contribution >= 4 is 29.1 Å². The molecule has 0 saturated carbocycles. The van der Waals surface area contributed by atoms with Gasteiger partial charge in [-0.15, -0.1) is 0 Å². The number of halogens is 1. The monoisotopic (exact) mass is 477 g/mol. The molecular formula is C26H24ClN3O4. The van der Waals surface area contributed by atoms with Gasteiger partial charge < -0.3 is 19.3 Å². The summed E-state index contributed by atoms with van der Waals surface area (Å²) in [5, 5.41) is 11.7. The van der Waals surface area contributed by atoms with Crippen LogP contribution >= 0.6 is 11.6 Å². The van der Waals surface area contributed by atoms with Gasteiger partial charge in [-0.3, -0.25) is 9.59 Å². The van der Waals surface area contributed by atoms with Gasteiger partial charge in [0.05, 0.1) is 17.9 Å². The van der Waals surface area contributed by atoms with Gasteiger partial charge in [-0.2, -0.15) is 0 Å². The summed E-state index contributed by atoms with van der Waals surface area (Å²) in [6, 6.07) is 12.9. The zero-order valence-corrected chi connectivity index (χ0v) is 19.2. The Labute approximate surface area is 202 Å². The molecule has 7 nitrogen and oxygen atoms in total. The first-order chi connectivity index (χ1) is 16.5. The van der Waals surface area contributed by atoms with E-state index in [4.69, 9.17) is 16.3 Å². The molecule has 1 N–H and O–H groups in total. The highest BCUT2D eigenvalue weighted by molar-refractivity contribution is 6.46. The molecule has 1 unspecified atom stereocenters. The van der Waals surface area contributed by atoms with Crippen LogP contribution in [-0.2, 0) is 16.1 Å². The van der Waals surface area contributed by atoms with Crippen LogP contribution in [0.4, 0.5) is 0 Å². The number of rotatable bonds is 9. The number of ether oxygens (including phenoxy) is 1. The normalized spacial score (nSPS) is 17.2. The predicted molar refractivity (Wildman–Crippen MR) is 129 cm³/mol. The Morgan fingerprint density at radius 1 is 1.12 bits per heavy atom. The number of carbonyl (C=O) groups excluding carboxylic acids is 2. The molecule has 1 amide bonds. The summed E-state index contributed by atoms with van der Waals surface area (Å²) in [4.78, 5) is 31.7. The number of benzene rings is 2. The van der Waals surface area contributed by atoms with Crippen molar-refractivity contribution in [3.05, 3.63) is 102 Å². The average molecular weight is 478 g/mol. The molecule has 4 rings (SSSR count). The van der Waals surface area contributed by atoms with Gasteiger partial charge in [0.1, 0.15) is 18.1 Å². The number of hydrogen-bond donors (Lipinski definition) is 1. The molecule has 1 fully saturated rings. The fraction of sp³-hybridized carbons (Fsp3) is 0.192. The summed E-state index contributed by atoms with van der Waals surface area (Å²) in [6.07, 6.45) is 7.48. The molecule has 2 heterocycles. The van der Waals surface area contributed by atoms with Crippen LogP contribution in [0, 0.1) is 0 Å². The van der Waals surface area contributed by atoms with Crippen molar-refractivity contribution in [3.8, 4) is 5.75 Å². The molecule has 1 atom stereocenters. The van der Waals surface area contributed by atoms with Gasteiger partial charge in [0, 0.05) is 36.1 Å². The van der Waals surface area contributed by atoms with Gasteiger partial charge in [0.15, 0.2) is 0 Å². The maximum absolute atomic E-state index is 13.1. The molecule has 8 heteroatoms. The lowest BCUT2D eigenvalue weighted by Gasteiger charge is -2.25. The first kappa shape index (κ1) is 23.3. The smallest absolute Gasteiger partial charge is 0.295 e. The Bertz CT molecular complexity index is 1200. The zero-order valence-electron chi connectivity index (χ0n) is 18.4. The minimum Gasteiger partial charge on any atom is -0.507 e. The van der Waals surface area contributed by atoms with Crippen LogP contribution in [-0.4, -0.2) is 44.4 Å². The largest absolute Gasteiger partial charge is 0.507 e. The summed E-state index contributed by atoms with van der Waals surface area (Å²) in [7, 11) is 0. The molecule has 0 bridgehead atoms. The van der Waals surface area contributed by atoms with E-state index >= 15 is 0 Å². The van der Waals surface area contributed by atoms with Crippen molar-refractivity contribution in [2.45, 2.75) is 19.0 Å². The van der Waals surface area contributed by atoms with E-state index < -0.39 is 17.7 Å². The molecule has 1 aromatic heterocycles. The van der Waals surface area contributed by atoms with E-state index in [9.17, 15) is 14.7 Å². The molecule has 0 aliphatic carbocycles. The molecule has 174 valence electrons. The minimum absolute atomic E-state index is 0.0507. The molecule has 34 heavy (non-hydrogen) atoms. The van der Waals surface area contributed by atoms with E-state index in [0.717, 1.165) is 0 Å². The zero-order chi connectivity index (χ0) is 24.1. The molecular weight excluding hydrogens is 454 g/mol. The Morgan fingerprint density at radius 3 is 2.50 bits per heavy atom. The Kier molecular flexibility index (Phi) is 7.13. The Hall–Kier alpha value is -3.84. The number of aromatic nitrogens is 2. The van der Waals surface area contributed by atoms with E-state index in [2.05, 4.69) is 11.6 Å². The van der Waals surface area contributed by atoms with Crippen molar-refractivity contribution in [1.29, 1.82) is 0 Å². The minimum atomic E-state index is -0.725. The molecule has 1 aliphatic heterocycles. The van der Waals surface area contributed by atoms with Crippen LogP contribution in [0.3, 0.4) is 0 Å². The van der Waals surface area contributed by atoms with Gasteiger partial charge in [-0.05, 0) is 48.4 Å². The number of carbonyl (C=O) groups is 2. The summed E-state index contributed by atoms with van der Waals surface area (Å²) in [5.74, 6) is -0.985. The molecule has 1 aliphatic rings. The van der Waals surface area contributed by atoms with Crippen LogP contribution in [0.2, 0.25) is 5.02 Å². The average Bonchev–Trinajstić information content (AvgIpc) is 3.45. The number of ketones is 1. The number of nitrogens with zero attached hydrogens (tertiary/aromatic N) is 3. The van der Waals surface area contributed by atoms with Gasteiger partial charge in [-0.1, -0.05) is 36.4 Å². The first-order valence-electron chi connectivity index (χ1n) is 10.8. The molecule has 2 aromatic carbocycles. The lowest BCUT2D eigenvalue weighted by atomic mass is 9.95. The summed E-state index contributed by atoms with van der Waals surface area (Å²) in [6.45, 7) is 4.94. The van der Waals surface area contributed by atoms with Crippen molar-refractivity contribution in [2.75, 3.05) is 13.2 Å². The highest BCUT2D eigenvalue weighted by atomic mass is 35.5. The number of aryl methyl sites for hydroxylation is 1. The number of aliphatic hydroxyl groups is 1. The number of Topliss-reactive ketones (excluding diaryl/α,β-unsaturated/α-hetero) is 1. The second kappa shape index (κ2) is 10.4. The third kappa shape index (κ3) is 4.89. The van der Waals surface area contributed by atoms with E-state index in [0.29, 0.717) is 48.0 Å². The number of amides is 1. The SMILES string of the molecule is C=CCOc1ccc(/C(O)=C2\C(=O)C(=O)N(CCCn3ccnc3)C2c2ccc(Cl)cc2)cc1. The van der Waals surface area contributed by atoms with E-state index in [1.807, 2.05) is 10.8 Å². The van der Waals surface area contributed by atoms with E-state index in [1.54, 1.807) is 67.1 Å². The summed E-state index contributed by atoms with van der Waals surface area (Å²) in [5.41, 5.74) is 1.16. The van der Waals surface area contributed by atoms with Crippen LogP contribution in [0.5, 0.6) is 5.75 Å². The van der Waals surface area contributed by atoms with E-state index in [1.165, 1.54) is 4.90 Å². The summed E-state index contributed by atoms with van der Waals surface area (Å²) < 4.78 is 7.39. The Balaban J connectivity index is 1.68. The molecule has 1 saturated heterocycles. The summed E-state index contributed by atoms with van der Waals surface area (Å²) >= 11 is 6.06. The van der Waals surface area contributed by atoms with Crippen molar-refractivity contribution in [2.24, 2.45) is 0 Å². The molecule has 0 spiro atoms. The number of imidazole rings is 1. The topological polar surface area (TPSA) is 84.7 Å². The van der Waals surface area contributed by atoms with Crippen LogP contribution < -0.4 is 4.74 Å². The third-order valence-corrected chi connectivity index (χ3v) is 5.85.